The summed E-state index contributed by atoms with van der Waals surface area (Å²) < 4.78 is 5.75. The van der Waals surface area contributed by atoms with Gasteiger partial charge in [0, 0.05) is 25.7 Å². The highest BCUT2D eigenvalue weighted by molar-refractivity contribution is 6.41. The van der Waals surface area contributed by atoms with Crippen molar-refractivity contribution in [1.82, 2.24) is 10.2 Å². The minimum atomic E-state index is -1.55. The number of aromatic carboxylic acids is 1. The summed E-state index contributed by atoms with van der Waals surface area (Å²) in [6, 6.07) is 2.52. The van der Waals surface area contributed by atoms with Crippen molar-refractivity contribution < 1.29 is 39.7 Å². The van der Waals surface area contributed by atoms with Crippen molar-refractivity contribution in [2.24, 2.45) is 0 Å². The maximum absolute atomic E-state index is 11.6. The van der Waals surface area contributed by atoms with Crippen molar-refractivity contribution >= 4 is 19.1 Å². The van der Waals surface area contributed by atoms with Crippen molar-refractivity contribution in [2.45, 2.75) is 37.3 Å². The molecule has 0 amide bonds. The van der Waals surface area contributed by atoms with Crippen molar-refractivity contribution in [2.75, 3.05) is 19.6 Å². The molecule has 2 heterocycles. The first-order valence-electron chi connectivity index (χ1n) is 9.07. The summed E-state index contributed by atoms with van der Waals surface area (Å²) in [5.41, 5.74) is -0.0540. The molecule has 0 saturated carbocycles. The van der Waals surface area contributed by atoms with Crippen LogP contribution in [0.5, 0.6) is 11.5 Å². The number of carbonyl (C=O) groups is 2. The lowest BCUT2D eigenvalue weighted by molar-refractivity contribution is -0.139. The first-order chi connectivity index (χ1) is 13.3. The molecule has 28 heavy (non-hydrogen) atoms. The van der Waals surface area contributed by atoms with E-state index < -0.39 is 30.8 Å². The second kappa shape index (κ2) is 8.35. The van der Waals surface area contributed by atoms with Crippen LogP contribution in [0.15, 0.2) is 12.1 Å². The molecule has 2 aliphatic rings. The minimum Gasteiger partial charge on any atom is -0.507 e. The number of hydrogen-bond acceptors (Lipinski definition) is 8. The number of aromatic hydroxyl groups is 1. The number of ether oxygens (including phenoxy) is 1. The van der Waals surface area contributed by atoms with Crippen LogP contribution in [0.25, 0.3) is 0 Å². The van der Waals surface area contributed by atoms with Gasteiger partial charge in [0.05, 0.1) is 0 Å². The molecule has 2 fully saturated rings. The topological polar surface area (TPSA) is 160 Å². The van der Waals surface area contributed by atoms with Crippen molar-refractivity contribution in [3.8, 4) is 11.5 Å². The first-order valence-corrected chi connectivity index (χ1v) is 9.07. The van der Waals surface area contributed by atoms with Gasteiger partial charge in [0.15, 0.2) is 0 Å². The Bertz CT molecular complexity index is 753. The van der Waals surface area contributed by atoms with Crippen LogP contribution in [-0.4, -0.2) is 87.1 Å². The lowest BCUT2D eigenvalue weighted by Gasteiger charge is -2.42. The van der Waals surface area contributed by atoms with E-state index in [0.29, 0.717) is 31.6 Å². The lowest BCUT2D eigenvalue weighted by atomic mass is 9.82. The van der Waals surface area contributed by atoms with Gasteiger partial charge in [-0.1, -0.05) is 6.07 Å². The molecule has 11 heteroatoms. The highest BCUT2D eigenvalue weighted by Crippen LogP contribution is 2.34. The number of hydrogen-bond donors (Lipinski definition) is 6. The Labute approximate surface area is 161 Å². The van der Waals surface area contributed by atoms with Gasteiger partial charge in [-0.3, -0.25) is 9.69 Å². The number of likely N-dealkylation sites (tertiary alicyclic amines) is 1. The molecule has 152 valence electrons. The zero-order chi connectivity index (χ0) is 20.4. The third-order valence-corrected chi connectivity index (χ3v) is 5.20. The van der Waals surface area contributed by atoms with Crippen LogP contribution in [0.1, 0.15) is 22.3 Å². The quantitative estimate of drug-likeness (QED) is 0.301. The number of aryl methyl sites for hydroxylation is 1. The molecule has 0 radical (unpaired) electrons. The zero-order valence-corrected chi connectivity index (χ0v) is 15.1. The van der Waals surface area contributed by atoms with Gasteiger partial charge >= 0.3 is 19.1 Å². The Balaban J connectivity index is 1.61. The van der Waals surface area contributed by atoms with Gasteiger partial charge in [-0.15, -0.1) is 0 Å². The monoisotopic (exact) mass is 394 g/mol. The molecule has 0 bridgehead atoms. The summed E-state index contributed by atoms with van der Waals surface area (Å²) in [5.74, 6) is -2.59. The summed E-state index contributed by atoms with van der Waals surface area (Å²) in [6.07, 6.45) is 0.332. The van der Waals surface area contributed by atoms with E-state index in [1.165, 1.54) is 12.1 Å². The fraction of sp³-hybridized carbons (Fsp3) is 0.529. The molecule has 6 N–H and O–H groups in total. The second-order valence-corrected chi connectivity index (χ2v) is 7.15. The van der Waals surface area contributed by atoms with Crippen molar-refractivity contribution in [3.63, 3.8) is 0 Å². The average molecular weight is 394 g/mol. The molecule has 2 saturated heterocycles. The Morgan fingerprint density at radius 1 is 1.25 bits per heavy atom. The Hall–Kier alpha value is -2.34. The van der Waals surface area contributed by atoms with E-state index in [0.717, 1.165) is 0 Å². The third-order valence-electron chi connectivity index (χ3n) is 5.20. The number of aliphatic carboxylic acids is 1. The second-order valence-electron chi connectivity index (χ2n) is 7.15. The van der Waals surface area contributed by atoms with E-state index in [2.05, 4.69) is 10.2 Å². The van der Waals surface area contributed by atoms with Crippen LogP contribution in [0.4, 0.5) is 0 Å². The van der Waals surface area contributed by atoms with Crippen LogP contribution >= 0.6 is 0 Å². The Morgan fingerprint density at radius 2 is 1.96 bits per heavy atom. The van der Waals surface area contributed by atoms with Crippen molar-refractivity contribution in [3.05, 3.63) is 23.3 Å². The summed E-state index contributed by atoms with van der Waals surface area (Å²) in [5, 5.41) is 49.6. The molecule has 0 aromatic heterocycles. The number of benzene rings is 1. The summed E-state index contributed by atoms with van der Waals surface area (Å²) >= 11 is 0. The number of nitrogens with zero attached hydrogens (tertiary/aromatic N) is 1. The fourth-order valence-corrected chi connectivity index (χ4v) is 3.61. The van der Waals surface area contributed by atoms with Crippen molar-refractivity contribution in [1.29, 1.82) is 0 Å². The van der Waals surface area contributed by atoms with E-state index in [1.54, 1.807) is 0 Å². The largest absolute Gasteiger partial charge is 0.507 e. The third kappa shape index (κ3) is 4.38. The van der Waals surface area contributed by atoms with Crippen LogP contribution in [0, 0.1) is 0 Å². The molecule has 3 rings (SSSR count). The van der Waals surface area contributed by atoms with E-state index in [-0.39, 0.29) is 36.2 Å². The fourth-order valence-electron chi connectivity index (χ4n) is 3.61. The Kier molecular flexibility index (Phi) is 6.09. The van der Waals surface area contributed by atoms with E-state index in [1.807, 2.05) is 0 Å². The van der Waals surface area contributed by atoms with Crippen LogP contribution in [0.3, 0.4) is 0 Å². The number of carboxylic acids is 2. The predicted octanol–water partition coefficient (Wildman–Crippen LogP) is -1.02. The zero-order valence-electron chi connectivity index (χ0n) is 15.1. The summed E-state index contributed by atoms with van der Waals surface area (Å²) in [7, 11) is -1.55. The molecule has 1 aromatic rings. The molecule has 0 aliphatic carbocycles. The van der Waals surface area contributed by atoms with E-state index in [9.17, 15) is 19.8 Å². The number of phenols is 1. The average Bonchev–Trinajstić information content (AvgIpc) is 3.06. The van der Waals surface area contributed by atoms with Gasteiger partial charge in [-0.2, -0.15) is 0 Å². The smallest absolute Gasteiger partial charge is 0.451 e. The van der Waals surface area contributed by atoms with Gasteiger partial charge in [-0.05, 0) is 30.8 Å². The van der Waals surface area contributed by atoms with E-state index in [4.69, 9.17) is 19.9 Å². The van der Waals surface area contributed by atoms with Gasteiger partial charge in [0.1, 0.15) is 29.2 Å². The molecule has 2 atom stereocenters. The molecule has 0 unspecified atom stereocenters. The van der Waals surface area contributed by atoms with Gasteiger partial charge in [-0.25, -0.2) is 4.79 Å². The molecular weight excluding hydrogens is 371 g/mol. The molecule has 0 spiro atoms. The minimum absolute atomic E-state index is 0.0306. The van der Waals surface area contributed by atoms with Crippen LogP contribution < -0.4 is 10.1 Å². The standard InChI is InChI=1S/C17H23BN2O8/c21-15-9(3-4-18(26)27)1-2-13(14(15)17(24)25)28-11-7-20(8-11)10-5-12(16(22)23)19-6-10/h1-2,10-12,19,21,26-27H,3-8H2,(H,22,23)(H,24,25)/t10-,12+/m1/s1. The highest BCUT2D eigenvalue weighted by atomic mass is 16.5. The maximum Gasteiger partial charge on any atom is 0.451 e. The molecule has 10 nitrogen and oxygen atoms in total. The molecular formula is C17H23BN2O8. The maximum atomic E-state index is 11.6. The van der Waals surface area contributed by atoms with Gasteiger partial charge in [0.2, 0.25) is 0 Å². The number of nitrogens with one attached hydrogen (secondary N) is 1. The molecule has 2 aliphatic heterocycles. The number of carboxylic acid groups (broad SMARTS) is 2. The SMILES string of the molecule is O=C(O)c1c(OC2CN([C@H]3CN[C@H](C(=O)O)C3)C2)ccc(CCB(O)O)c1O. The first kappa shape index (κ1) is 20.4. The Morgan fingerprint density at radius 3 is 2.54 bits per heavy atom. The summed E-state index contributed by atoms with van der Waals surface area (Å²) in [4.78, 5) is 24.7. The van der Waals surface area contributed by atoms with Gasteiger partial charge < -0.3 is 35.4 Å². The predicted molar refractivity (Wildman–Crippen MR) is 97.6 cm³/mol. The van der Waals surface area contributed by atoms with Crippen LogP contribution in [0.2, 0.25) is 6.32 Å². The highest BCUT2D eigenvalue weighted by Gasteiger charge is 2.40. The number of rotatable bonds is 8. The normalized spacial score (nSPS) is 22.6. The van der Waals surface area contributed by atoms with E-state index >= 15 is 0 Å². The van der Waals surface area contributed by atoms with Gasteiger partial charge in [0.25, 0.3) is 0 Å². The lowest BCUT2D eigenvalue weighted by Crippen LogP contribution is -2.58. The molecule has 1 aromatic carbocycles. The summed E-state index contributed by atoms with van der Waals surface area (Å²) in [6.45, 7) is 1.66. The van der Waals surface area contributed by atoms with Crippen LogP contribution in [-0.2, 0) is 11.2 Å².